The summed E-state index contributed by atoms with van der Waals surface area (Å²) in [6.45, 7) is 5.38. The third-order valence-corrected chi connectivity index (χ3v) is 3.69. The van der Waals surface area contributed by atoms with Gasteiger partial charge in [0.25, 0.3) is 0 Å². The standard InChI is InChI=1S/C17H26N4/c1-4-11-18-16(12-17-13-21(3)20-19-17)10-9-15-7-5-14(2)6-8-15/h5-8,13,16,18H,4,9-12H2,1-3H3. The van der Waals surface area contributed by atoms with E-state index in [9.17, 15) is 0 Å². The molecular weight excluding hydrogens is 260 g/mol. The number of rotatable bonds is 8. The van der Waals surface area contributed by atoms with Gasteiger partial charge < -0.3 is 5.32 Å². The van der Waals surface area contributed by atoms with Gasteiger partial charge in [0.1, 0.15) is 0 Å². The van der Waals surface area contributed by atoms with Crippen LogP contribution in [0.5, 0.6) is 0 Å². The van der Waals surface area contributed by atoms with Crippen molar-refractivity contribution in [2.24, 2.45) is 7.05 Å². The number of hydrogen-bond donors (Lipinski definition) is 1. The minimum absolute atomic E-state index is 0.461. The fourth-order valence-electron chi connectivity index (χ4n) is 2.46. The summed E-state index contributed by atoms with van der Waals surface area (Å²) in [6, 6.07) is 9.30. The Balaban J connectivity index is 1.90. The lowest BCUT2D eigenvalue weighted by Crippen LogP contribution is -2.32. The molecule has 21 heavy (non-hydrogen) atoms. The average molecular weight is 286 g/mol. The lowest BCUT2D eigenvalue weighted by atomic mass is 10.0. The Labute approximate surface area is 127 Å². The molecule has 0 aliphatic carbocycles. The highest BCUT2D eigenvalue weighted by Crippen LogP contribution is 2.10. The highest BCUT2D eigenvalue weighted by atomic mass is 15.4. The van der Waals surface area contributed by atoms with Crippen LogP contribution in [0.2, 0.25) is 0 Å². The van der Waals surface area contributed by atoms with E-state index in [2.05, 4.69) is 53.7 Å². The van der Waals surface area contributed by atoms with E-state index in [1.54, 1.807) is 4.68 Å². The van der Waals surface area contributed by atoms with E-state index >= 15 is 0 Å². The van der Waals surface area contributed by atoms with E-state index in [0.717, 1.165) is 37.9 Å². The molecular formula is C17H26N4. The molecule has 1 N–H and O–H groups in total. The van der Waals surface area contributed by atoms with E-state index in [4.69, 9.17) is 0 Å². The van der Waals surface area contributed by atoms with Crippen molar-refractivity contribution in [1.82, 2.24) is 20.3 Å². The van der Waals surface area contributed by atoms with Crippen LogP contribution in [0.4, 0.5) is 0 Å². The number of nitrogens with zero attached hydrogens (tertiary/aromatic N) is 3. The Bertz CT molecular complexity index is 530. The van der Waals surface area contributed by atoms with E-state index in [1.807, 2.05) is 13.2 Å². The Morgan fingerprint density at radius 1 is 1.24 bits per heavy atom. The largest absolute Gasteiger partial charge is 0.314 e. The van der Waals surface area contributed by atoms with Gasteiger partial charge in [-0.25, -0.2) is 0 Å². The average Bonchev–Trinajstić information content (AvgIpc) is 2.89. The molecule has 4 nitrogen and oxygen atoms in total. The number of hydrogen-bond acceptors (Lipinski definition) is 3. The maximum atomic E-state index is 4.20. The minimum atomic E-state index is 0.461. The Morgan fingerprint density at radius 2 is 2.00 bits per heavy atom. The molecule has 4 heteroatoms. The summed E-state index contributed by atoms with van der Waals surface area (Å²) in [6.07, 6.45) is 6.33. The summed E-state index contributed by atoms with van der Waals surface area (Å²) in [5.41, 5.74) is 3.79. The summed E-state index contributed by atoms with van der Waals surface area (Å²) in [7, 11) is 1.91. The van der Waals surface area contributed by atoms with Gasteiger partial charge in [-0.1, -0.05) is 42.0 Å². The summed E-state index contributed by atoms with van der Waals surface area (Å²) in [4.78, 5) is 0. The van der Waals surface area contributed by atoms with Gasteiger partial charge in [0.2, 0.25) is 0 Å². The molecule has 0 spiro atoms. The fraction of sp³-hybridized carbons (Fsp3) is 0.529. The Morgan fingerprint density at radius 3 is 2.62 bits per heavy atom. The van der Waals surface area contributed by atoms with Gasteiger partial charge in [-0.2, -0.15) is 0 Å². The summed E-state index contributed by atoms with van der Waals surface area (Å²) in [5, 5.41) is 11.9. The number of aryl methyl sites for hydroxylation is 3. The quantitative estimate of drug-likeness (QED) is 0.811. The second kappa shape index (κ2) is 7.93. The van der Waals surface area contributed by atoms with Gasteiger partial charge in [0.15, 0.2) is 0 Å². The predicted molar refractivity (Wildman–Crippen MR) is 86.3 cm³/mol. The molecule has 1 unspecified atom stereocenters. The monoisotopic (exact) mass is 286 g/mol. The van der Waals surface area contributed by atoms with Crippen LogP contribution in [0, 0.1) is 6.92 Å². The molecule has 0 aliphatic rings. The molecule has 1 aromatic carbocycles. The SMILES string of the molecule is CCCNC(CCc1ccc(C)cc1)Cc1cn(C)nn1. The molecule has 2 aromatic rings. The number of nitrogens with one attached hydrogen (secondary N) is 1. The molecule has 0 aliphatic heterocycles. The maximum Gasteiger partial charge on any atom is 0.0842 e. The van der Waals surface area contributed by atoms with Gasteiger partial charge >= 0.3 is 0 Å². The van der Waals surface area contributed by atoms with Crippen molar-refractivity contribution in [1.29, 1.82) is 0 Å². The first kappa shape index (κ1) is 15.7. The third kappa shape index (κ3) is 5.31. The smallest absolute Gasteiger partial charge is 0.0842 e. The first-order valence-electron chi connectivity index (χ1n) is 7.81. The van der Waals surface area contributed by atoms with Crippen molar-refractivity contribution in [2.75, 3.05) is 6.54 Å². The van der Waals surface area contributed by atoms with Gasteiger partial charge in [-0.15, -0.1) is 5.10 Å². The van der Waals surface area contributed by atoms with Gasteiger partial charge in [-0.3, -0.25) is 4.68 Å². The van der Waals surface area contributed by atoms with E-state index in [1.165, 1.54) is 11.1 Å². The van der Waals surface area contributed by atoms with Gasteiger partial charge in [-0.05, 0) is 38.3 Å². The van der Waals surface area contributed by atoms with Crippen LogP contribution < -0.4 is 5.32 Å². The first-order chi connectivity index (χ1) is 10.2. The van der Waals surface area contributed by atoms with Gasteiger partial charge in [0, 0.05) is 25.7 Å². The zero-order valence-electron chi connectivity index (χ0n) is 13.3. The summed E-state index contributed by atoms with van der Waals surface area (Å²) in [5.74, 6) is 0. The fourth-order valence-corrected chi connectivity index (χ4v) is 2.46. The van der Waals surface area contributed by atoms with E-state index in [0.29, 0.717) is 6.04 Å². The highest BCUT2D eigenvalue weighted by Gasteiger charge is 2.11. The summed E-state index contributed by atoms with van der Waals surface area (Å²) >= 11 is 0. The molecule has 0 amide bonds. The van der Waals surface area contributed by atoms with Crippen LogP contribution in [-0.2, 0) is 19.9 Å². The molecule has 114 valence electrons. The van der Waals surface area contributed by atoms with Crippen molar-refractivity contribution >= 4 is 0 Å². The van der Waals surface area contributed by atoms with Crippen molar-refractivity contribution in [3.8, 4) is 0 Å². The lowest BCUT2D eigenvalue weighted by Gasteiger charge is -2.17. The molecule has 2 rings (SSSR count). The molecule has 1 aromatic heterocycles. The molecule has 1 heterocycles. The van der Waals surface area contributed by atoms with E-state index < -0.39 is 0 Å². The minimum Gasteiger partial charge on any atom is -0.314 e. The number of benzene rings is 1. The second-order valence-electron chi connectivity index (χ2n) is 5.76. The first-order valence-corrected chi connectivity index (χ1v) is 7.81. The maximum absolute atomic E-state index is 4.20. The van der Waals surface area contributed by atoms with Crippen LogP contribution in [-0.4, -0.2) is 27.6 Å². The van der Waals surface area contributed by atoms with Crippen LogP contribution in [0.15, 0.2) is 30.5 Å². The second-order valence-corrected chi connectivity index (χ2v) is 5.76. The normalized spacial score (nSPS) is 12.5. The highest BCUT2D eigenvalue weighted by molar-refractivity contribution is 5.21. The van der Waals surface area contributed by atoms with Crippen LogP contribution in [0.3, 0.4) is 0 Å². The molecule has 0 saturated carbocycles. The Kier molecular flexibility index (Phi) is 5.93. The zero-order chi connectivity index (χ0) is 15.1. The lowest BCUT2D eigenvalue weighted by molar-refractivity contribution is 0.473. The van der Waals surface area contributed by atoms with Crippen molar-refractivity contribution in [2.45, 2.75) is 45.6 Å². The van der Waals surface area contributed by atoms with Crippen molar-refractivity contribution in [3.63, 3.8) is 0 Å². The predicted octanol–water partition coefficient (Wildman–Crippen LogP) is 2.67. The Hall–Kier alpha value is -1.68. The van der Waals surface area contributed by atoms with Crippen LogP contribution in [0.25, 0.3) is 0 Å². The van der Waals surface area contributed by atoms with Crippen LogP contribution >= 0.6 is 0 Å². The number of aromatic nitrogens is 3. The van der Waals surface area contributed by atoms with Gasteiger partial charge in [0.05, 0.1) is 5.69 Å². The molecule has 1 atom stereocenters. The zero-order valence-corrected chi connectivity index (χ0v) is 13.3. The van der Waals surface area contributed by atoms with Crippen molar-refractivity contribution < 1.29 is 0 Å². The molecule has 0 fully saturated rings. The van der Waals surface area contributed by atoms with Crippen molar-refractivity contribution in [3.05, 3.63) is 47.3 Å². The van der Waals surface area contributed by atoms with E-state index in [-0.39, 0.29) is 0 Å². The molecule has 0 bridgehead atoms. The van der Waals surface area contributed by atoms with Crippen LogP contribution in [0.1, 0.15) is 36.6 Å². The molecule has 0 saturated heterocycles. The molecule has 0 radical (unpaired) electrons. The topological polar surface area (TPSA) is 42.7 Å². The summed E-state index contributed by atoms with van der Waals surface area (Å²) < 4.78 is 1.77. The third-order valence-electron chi connectivity index (χ3n) is 3.69.